The van der Waals surface area contributed by atoms with Crippen LogP contribution in [0.5, 0.6) is 0 Å². The van der Waals surface area contributed by atoms with Crippen LogP contribution >= 0.6 is 15.9 Å². The molecular weight excluding hydrogens is 299 g/mol. The normalized spacial score (nSPS) is 27.2. The minimum atomic E-state index is -0.821. The average Bonchev–Trinajstić information content (AvgIpc) is 2.21. The van der Waals surface area contributed by atoms with Crippen LogP contribution in [0.15, 0.2) is 22.7 Å². The summed E-state index contributed by atoms with van der Waals surface area (Å²) in [6.07, 6.45) is 1.58. The molecule has 100 valence electrons. The first-order valence-electron chi connectivity index (χ1n) is 6.10. The van der Waals surface area contributed by atoms with Crippen molar-refractivity contribution < 1.29 is 14.2 Å². The first kappa shape index (κ1) is 14.0. The standard InChI is InChI=1S/C14H18BrFO2/c1-13(2)9-14(17,5-6-18-13)8-10-7-11(16)3-4-12(10)15/h3-4,7,17H,5-6,8-9H2,1-2H3. The van der Waals surface area contributed by atoms with Crippen LogP contribution in [0.4, 0.5) is 4.39 Å². The number of halogens is 2. The van der Waals surface area contributed by atoms with Crippen molar-refractivity contribution >= 4 is 15.9 Å². The van der Waals surface area contributed by atoms with Crippen LogP contribution < -0.4 is 0 Å². The van der Waals surface area contributed by atoms with Crippen molar-refractivity contribution in [1.82, 2.24) is 0 Å². The van der Waals surface area contributed by atoms with Crippen molar-refractivity contribution in [3.05, 3.63) is 34.1 Å². The number of hydrogen-bond acceptors (Lipinski definition) is 2. The molecule has 0 spiro atoms. The molecule has 1 aromatic rings. The van der Waals surface area contributed by atoms with Crippen molar-refractivity contribution in [2.75, 3.05) is 6.61 Å². The maximum absolute atomic E-state index is 13.3. The Balaban J connectivity index is 2.19. The summed E-state index contributed by atoms with van der Waals surface area (Å²) < 4.78 is 19.7. The summed E-state index contributed by atoms with van der Waals surface area (Å²) in [5, 5.41) is 10.7. The van der Waals surface area contributed by atoms with E-state index in [0.29, 0.717) is 25.9 Å². The summed E-state index contributed by atoms with van der Waals surface area (Å²) in [6, 6.07) is 4.56. The molecule has 1 aliphatic heterocycles. The van der Waals surface area contributed by atoms with Crippen LogP contribution in [0.25, 0.3) is 0 Å². The molecule has 1 unspecified atom stereocenters. The third-order valence-electron chi connectivity index (χ3n) is 3.34. The highest BCUT2D eigenvalue weighted by molar-refractivity contribution is 9.10. The summed E-state index contributed by atoms with van der Waals surface area (Å²) in [5.41, 5.74) is -0.347. The van der Waals surface area contributed by atoms with Gasteiger partial charge < -0.3 is 9.84 Å². The van der Waals surface area contributed by atoms with E-state index in [-0.39, 0.29) is 11.4 Å². The number of aliphatic hydroxyl groups is 1. The monoisotopic (exact) mass is 316 g/mol. The van der Waals surface area contributed by atoms with Crippen molar-refractivity contribution in [1.29, 1.82) is 0 Å². The van der Waals surface area contributed by atoms with Gasteiger partial charge in [0.1, 0.15) is 5.82 Å². The van der Waals surface area contributed by atoms with Gasteiger partial charge in [0.05, 0.1) is 17.8 Å². The van der Waals surface area contributed by atoms with Gasteiger partial charge in [-0.25, -0.2) is 4.39 Å². The van der Waals surface area contributed by atoms with Gasteiger partial charge in [-0.15, -0.1) is 0 Å². The second-order valence-corrected chi connectivity index (χ2v) is 6.53. The van der Waals surface area contributed by atoms with E-state index in [1.807, 2.05) is 13.8 Å². The molecule has 0 bridgehead atoms. The molecule has 1 aromatic carbocycles. The van der Waals surface area contributed by atoms with E-state index in [2.05, 4.69) is 15.9 Å². The average molecular weight is 317 g/mol. The summed E-state index contributed by atoms with van der Waals surface area (Å²) in [5.74, 6) is -0.275. The minimum absolute atomic E-state index is 0.275. The van der Waals surface area contributed by atoms with Crippen LogP contribution in [0.1, 0.15) is 32.3 Å². The predicted molar refractivity (Wildman–Crippen MR) is 72.0 cm³/mol. The largest absolute Gasteiger partial charge is 0.389 e. The van der Waals surface area contributed by atoms with Gasteiger partial charge in [0.15, 0.2) is 0 Å². The molecule has 2 rings (SSSR count). The molecule has 0 radical (unpaired) electrons. The second kappa shape index (κ2) is 4.91. The van der Waals surface area contributed by atoms with Crippen molar-refractivity contribution in [3.8, 4) is 0 Å². The highest BCUT2D eigenvalue weighted by Gasteiger charge is 2.39. The number of rotatable bonds is 2. The maximum Gasteiger partial charge on any atom is 0.123 e. The van der Waals surface area contributed by atoms with Crippen LogP contribution in [-0.2, 0) is 11.2 Å². The molecule has 1 fully saturated rings. The van der Waals surface area contributed by atoms with Crippen LogP contribution in [0.2, 0.25) is 0 Å². The van der Waals surface area contributed by atoms with Gasteiger partial charge >= 0.3 is 0 Å². The highest BCUT2D eigenvalue weighted by atomic mass is 79.9. The topological polar surface area (TPSA) is 29.5 Å². The van der Waals surface area contributed by atoms with Gasteiger partial charge in [0, 0.05) is 17.3 Å². The Kier molecular flexibility index (Phi) is 3.81. The van der Waals surface area contributed by atoms with Gasteiger partial charge in [0.25, 0.3) is 0 Å². The molecule has 0 aliphatic carbocycles. The maximum atomic E-state index is 13.3. The van der Waals surface area contributed by atoms with E-state index in [9.17, 15) is 9.50 Å². The van der Waals surface area contributed by atoms with E-state index in [1.165, 1.54) is 12.1 Å². The molecular formula is C14H18BrFO2. The molecule has 2 nitrogen and oxygen atoms in total. The number of hydrogen-bond donors (Lipinski definition) is 1. The molecule has 1 heterocycles. The third-order valence-corrected chi connectivity index (χ3v) is 4.12. The van der Waals surface area contributed by atoms with E-state index in [1.54, 1.807) is 6.07 Å². The molecule has 18 heavy (non-hydrogen) atoms. The molecule has 1 atom stereocenters. The van der Waals surface area contributed by atoms with Crippen molar-refractivity contribution in [2.45, 2.75) is 44.3 Å². The molecule has 1 N–H and O–H groups in total. The molecule has 0 aromatic heterocycles. The second-order valence-electron chi connectivity index (χ2n) is 5.67. The Hall–Kier alpha value is -0.450. The Labute approximate surface area is 115 Å². The Morgan fingerprint density at radius 3 is 2.83 bits per heavy atom. The lowest BCUT2D eigenvalue weighted by Crippen LogP contribution is -2.47. The van der Waals surface area contributed by atoms with Crippen molar-refractivity contribution in [2.24, 2.45) is 0 Å². The van der Waals surface area contributed by atoms with Gasteiger partial charge in [0.2, 0.25) is 0 Å². The lowest BCUT2D eigenvalue weighted by atomic mass is 9.80. The fourth-order valence-corrected chi connectivity index (χ4v) is 3.02. The SMILES string of the molecule is CC1(C)CC(O)(Cc2cc(F)ccc2Br)CCO1. The first-order valence-corrected chi connectivity index (χ1v) is 6.89. The highest BCUT2D eigenvalue weighted by Crippen LogP contribution is 2.35. The minimum Gasteiger partial charge on any atom is -0.389 e. The molecule has 0 amide bonds. The summed E-state index contributed by atoms with van der Waals surface area (Å²) >= 11 is 3.40. The zero-order valence-corrected chi connectivity index (χ0v) is 12.3. The van der Waals surface area contributed by atoms with Crippen LogP contribution in [0, 0.1) is 5.82 Å². The molecule has 1 saturated heterocycles. The summed E-state index contributed by atoms with van der Waals surface area (Å²) in [6.45, 7) is 4.48. The van der Waals surface area contributed by atoms with Gasteiger partial charge in [-0.05, 0) is 44.0 Å². The van der Waals surface area contributed by atoms with E-state index >= 15 is 0 Å². The van der Waals surface area contributed by atoms with Gasteiger partial charge in [-0.2, -0.15) is 0 Å². The summed E-state index contributed by atoms with van der Waals surface area (Å²) in [4.78, 5) is 0. The summed E-state index contributed by atoms with van der Waals surface area (Å²) in [7, 11) is 0. The lowest BCUT2D eigenvalue weighted by molar-refractivity contribution is -0.143. The van der Waals surface area contributed by atoms with Crippen LogP contribution in [0.3, 0.4) is 0 Å². The lowest BCUT2D eigenvalue weighted by Gasteiger charge is -2.41. The van der Waals surface area contributed by atoms with E-state index in [0.717, 1.165) is 10.0 Å². The Morgan fingerprint density at radius 2 is 2.17 bits per heavy atom. The van der Waals surface area contributed by atoms with Gasteiger partial charge in [-0.1, -0.05) is 15.9 Å². The van der Waals surface area contributed by atoms with E-state index < -0.39 is 5.60 Å². The van der Waals surface area contributed by atoms with Crippen molar-refractivity contribution in [3.63, 3.8) is 0 Å². The molecule has 4 heteroatoms. The molecule has 0 saturated carbocycles. The number of benzene rings is 1. The third kappa shape index (κ3) is 3.31. The molecule has 1 aliphatic rings. The Bertz CT molecular complexity index is 447. The fraction of sp³-hybridized carbons (Fsp3) is 0.571. The smallest absolute Gasteiger partial charge is 0.123 e. The van der Waals surface area contributed by atoms with Crippen LogP contribution in [-0.4, -0.2) is 22.9 Å². The number of ether oxygens (including phenoxy) is 1. The zero-order valence-electron chi connectivity index (χ0n) is 10.7. The van der Waals surface area contributed by atoms with Gasteiger partial charge in [-0.3, -0.25) is 0 Å². The quantitative estimate of drug-likeness (QED) is 0.905. The fourth-order valence-electron chi connectivity index (χ4n) is 2.63. The van der Waals surface area contributed by atoms with E-state index in [4.69, 9.17) is 4.74 Å². The Morgan fingerprint density at radius 1 is 1.44 bits per heavy atom. The first-order chi connectivity index (χ1) is 8.30. The predicted octanol–water partition coefficient (Wildman–Crippen LogP) is 3.45. The zero-order chi connectivity index (χ0) is 13.4.